The molecule has 1 N–H and O–H groups in total. The smallest absolute Gasteiger partial charge is 0.319 e. The Morgan fingerprint density at radius 2 is 2.06 bits per heavy atom. The van der Waals surface area contributed by atoms with Gasteiger partial charge in [0, 0.05) is 0 Å². The van der Waals surface area contributed by atoms with Gasteiger partial charge in [-0.05, 0) is 32.0 Å². The summed E-state index contributed by atoms with van der Waals surface area (Å²) < 4.78 is 10.3. The van der Waals surface area contributed by atoms with Crippen LogP contribution in [0.2, 0.25) is 0 Å². The second kappa shape index (κ2) is 8.58. The molecule has 0 fully saturated rings. The van der Waals surface area contributed by atoms with Gasteiger partial charge in [-0.3, -0.25) is 4.79 Å². The molecule has 0 spiro atoms. The van der Waals surface area contributed by atoms with Crippen molar-refractivity contribution in [1.82, 2.24) is 5.32 Å². The van der Waals surface area contributed by atoms with Gasteiger partial charge in [0.25, 0.3) is 0 Å². The number of rotatable bonds is 8. The molecular formula is C13H19NO3. The summed E-state index contributed by atoms with van der Waals surface area (Å²) in [4.78, 5) is 11.0. The monoisotopic (exact) mass is 237 g/mol. The summed E-state index contributed by atoms with van der Waals surface area (Å²) in [5.41, 5.74) is 0. The highest BCUT2D eigenvalue weighted by atomic mass is 16.5. The maximum absolute atomic E-state index is 11.0. The van der Waals surface area contributed by atoms with Gasteiger partial charge in [0.15, 0.2) is 0 Å². The predicted molar refractivity (Wildman–Crippen MR) is 66.1 cm³/mol. The third kappa shape index (κ3) is 6.58. The molecule has 0 radical (unpaired) electrons. The third-order valence-corrected chi connectivity index (χ3v) is 2.08. The van der Waals surface area contributed by atoms with Crippen molar-refractivity contribution in [1.29, 1.82) is 0 Å². The molecule has 0 saturated carbocycles. The fourth-order valence-electron chi connectivity index (χ4n) is 1.31. The van der Waals surface area contributed by atoms with E-state index in [4.69, 9.17) is 9.47 Å². The van der Waals surface area contributed by atoms with Crippen LogP contribution in [-0.4, -0.2) is 32.3 Å². The SMILES string of the molecule is CCOC(=O)CNCCCOc1ccccc1. The summed E-state index contributed by atoms with van der Waals surface area (Å²) in [7, 11) is 0. The molecule has 0 aromatic heterocycles. The van der Waals surface area contributed by atoms with E-state index >= 15 is 0 Å². The van der Waals surface area contributed by atoms with E-state index < -0.39 is 0 Å². The molecule has 0 heterocycles. The van der Waals surface area contributed by atoms with Crippen LogP contribution in [0.15, 0.2) is 30.3 Å². The lowest BCUT2D eigenvalue weighted by Crippen LogP contribution is -2.26. The molecule has 0 aliphatic rings. The number of benzene rings is 1. The molecule has 4 heteroatoms. The Balaban J connectivity index is 1.96. The average molecular weight is 237 g/mol. The van der Waals surface area contributed by atoms with Gasteiger partial charge in [0.2, 0.25) is 0 Å². The Morgan fingerprint density at radius 3 is 2.76 bits per heavy atom. The number of hydrogen-bond acceptors (Lipinski definition) is 4. The quantitative estimate of drug-likeness (QED) is 0.551. The van der Waals surface area contributed by atoms with E-state index in [0.717, 1.165) is 18.7 Å². The van der Waals surface area contributed by atoms with Crippen LogP contribution in [0, 0.1) is 0 Å². The molecule has 94 valence electrons. The summed E-state index contributed by atoms with van der Waals surface area (Å²) in [6.45, 7) is 3.87. The van der Waals surface area contributed by atoms with Gasteiger partial charge >= 0.3 is 5.97 Å². The number of nitrogens with one attached hydrogen (secondary N) is 1. The molecule has 4 nitrogen and oxygen atoms in total. The highest BCUT2D eigenvalue weighted by molar-refractivity contribution is 5.71. The molecule has 17 heavy (non-hydrogen) atoms. The summed E-state index contributed by atoms with van der Waals surface area (Å²) in [5, 5.41) is 3.00. The zero-order valence-corrected chi connectivity index (χ0v) is 10.1. The van der Waals surface area contributed by atoms with Gasteiger partial charge < -0.3 is 14.8 Å². The van der Waals surface area contributed by atoms with E-state index in [-0.39, 0.29) is 12.5 Å². The van der Waals surface area contributed by atoms with Crippen LogP contribution >= 0.6 is 0 Å². The van der Waals surface area contributed by atoms with Crippen molar-refractivity contribution in [3.8, 4) is 5.75 Å². The summed E-state index contributed by atoms with van der Waals surface area (Å²) in [6.07, 6.45) is 0.855. The standard InChI is InChI=1S/C13H19NO3/c1-2-16-13(15)11-14-9-6-10-17-12-7-4-3-5-8-12/h3-5,7-8,14H,2,6,9-11H2,1H3. The minimum absolute atomic E-state index is 0.212. The van der Waals surface area contributed by atoms with Gasteiger partial charge in [-0.1, -0.05) is 18.2 Å². The zero-order valence-electron chi connectivity index (χ0n) is 10.1. The summed E-state index contributed by atoms with van der Waals surface area (Å²) >= 11 is 0. The minimum Gasteiger partial charge on any atom is -0.494 e. The molecule has 1 rings (SSSR count). The lowest BCUT2D eigenvalue weighted by atomic mass is 10.3. The first-order valence-corrected chi connectivity index (χ1v) is 5.87. The van der Waals surface area contributed by atoms with E-state index in [2.05, 4.69) is 5.32 Å². The second-order valence-corrected chi connectivity index (χ2v) is 3.50. The Bertz CT molecular complexity index is 314. The fraction of sp³-hybridized carbons (Fsp3) is 0.462. The number of hydrogen-bond donors (Lipinski definition) is 1. The predicted octanol–water partition coefficient (Wildman–Crippen LogP) is 1.61. The van der Waals surface area contributed by atoms with Crippen LogP contribution < -0.4 is 10.1 Å². The Kier molecular flexibility index (Phi) is 6.82. The fourth-order valence-corrected chi connectivity index (χ4v) is 1.31. The Morgan fingerprint density at radius 1 is 1.29 bits per heavy atom. The number of carbonyl (C=O) groups is 1. The maximum atomic E-state index is 11.0. The minimum atomic E-state index is -0.212. The molecule has 1 aromatic rings. The van der Waals surface area contributed by atoms with Crippen molar-refractivity contribution >= 4 is 5.97 Å². The normalized spacial score (nSPS) is 9.94. The van der Waals surface area contributed by atoms with Gasteiger partial charge in [-0.25, -0.2) is 0 Å². The van der Waals surface area contributed by atoms with Crippen LogP contribution in [0.3, 0.4) is 0 Å². The molecule has 0 amide bonds. The van der Waals surface area contributed by atoms with E-state index in [9.17, 15) is 4.79 Å². The number of para-hydroxylation sites is 1. The van der Waals surface area contributed by atoms with Crippen LogP contribution in [0.1, 0.15) is 13.3 Å². The van der Waals surface area contributed by atoms with Crippen molar-refractivity contribution in [2.75, 3.05) is 26.3 Å². The zero-order chi connectivity index (χ0) is 12.3. The van der Waals surface area contributed by atoms with E-state index in [1.807, 2.05) is 30.3 Å². The van der Waals surface area contributed by atoms with Crippen LogP contribution in [-0.2, 0) is 9.53 Å². The molecule has 0 saturated heterocycles. The molecule has 0 unspecified atom stereocenters. The molecule has 0 aliphatic carbocycles. The van der Waals surface area contributed by atoms with Crippen molar-refractivity contribution < 1.29 is 14.3 Å². The first-order chi connectivity index (χ1) is 8.33. The van der Waals surface area contributed by atoms with Gasteiger partial charge in [0.05, 0.1) is 19.8 Å². The van der Waals surface area contributed by atoms with Gasteiger partial charge in [0.1, 0.15) is 5.75 Å². The summed E-state index contributed by atoms with van der Waals surface area (Å²) in [5.74, 6) is 0.661. The first kappa shape index (κ1) is 13.5. The van der Waals surface area contributed by atoms with E-state index in [0.29, 0.717) is 13.2 Å². The lowest BCUT2D eigenvalue weighted by molar-refractivity contribution is -0.141. The molecule has 1 aromatic carbocycles. The lowest BCUT2D eigenvalue weighted by Gasteiger charge is -2.06. The number of carbonyl (C=O) groups excluding carboxylic acids is 1. The molecule has 0 aliphatic heterocycles. The van der Waals surface area contributed by atoms with Crippen molar-refractivity contribution in [2.24, 2.45) is 0 Å². The van der Waals surface area contributed by atoms with E-state index in [1.165, 1.54) is 0 Å². The molecule has 0 atom stereocenters. The highest BCUT2D eigenvalue weighted by Crippen LogP contribution is 2.07. The largest absolute Gasteiger partial charge is 0.494 e. The molecule has 0 bridgehead atoms. The highest BCUT2D eigenvalue weighted by Gasteiger charge is 1.99. The number of ether oxygens (including phenoxy) is 2. The van der Waals surface area contributed by atoms with E-state index in [1.54, 1.807) is 6.92 Å². The van der Waals surface area contributed by atoms with Crippen LogP contribution in [0.4, 0.5) is 0 Å². The molecular weight excluding hydrogens is 218 g/mol. The second-order valence-electron chi connectivity index (χ2n) is 3.50. The van der Waals surface area contributed by atoms with Gasteiger partial charge in [-0.15, -0.1) is 0 Å². The average Bonchev–Trinajstić information content (AvgIpc) is 2.35. The topological polar surface area (TPSA) is 47.6 Å². The maximum Gasteiger partial charge on any atom is 0.319 e. The van der Waals surface area contributed by atoms with Crippen LogP contribution in [0.5, 0.6) is 5.75 Å². The third-order valence-electron chi connectivity index (χ3n) is 2.08. The summed E-state index contributed by atoms with van der Waals surface area (Å²) in [6, 6.07) is 9.68. The van der Waals surface area contributed by atoms with Crippen molar-refractivity contribution in [3.63, 3.8) is 0 Å². The first-order valence-electron chi connectivity index (χ1n) is 5.87. The Hall–Kier alpha value is -1.55. The van der Waals surface area contributed by atoms with Crippen LogP contribution in [0.25, 0.3) is 0 Å². The van der Waals surface area contributed by atoms with Gasteiger partial charge in [-0.2, -0.15) is 0 Å². The van der Waals surface area contributed by atoms with Crippen molar-refractivity contribution in [3.05, 3.63) is 30.3 Å². The van der Waals surface area contributed by atoms with Crippen molar-refractivity contribution in [2.45, 2.75) is 13.3 Å². The number of esters is 1. The Labute approximate surface area is 102 Å².